The molecular weight excluding hydrogens is 538 g/mol. The number of carbonyl (C=O) groups excluding carboxylic acids is 1. The van der Waals surface area contributed by atoms with Gasteiger partial charge in [0.05, 0.1) is 24.6 Å². The Morgan fingerprint density at radius 2 is 2.00 bits per heavy atom. The Morgan fingerprint density at radius 3 is 2.77 bits per heavy atom. The number of aryl methyl sites for hydroxylation is 1. The van der Waals surface area contributed by atoms with Gasteiger partial charge in [-0.05, 0) is 25.8 Å². The van der Waals surface area contributed by atoms with Crippen LogP contribution in [0, 0.1) is 6.92 Å². The molecule has 2 aliphatic carbocycles. The van der Waals surface area contributed by atoms with Crippen molar-refractivity contribution in [2.75, 3.05) is 39.5 Å². The van der Waals surface area contributed by atoms with Gasteiger partial charge in [-0.25, -0.2) is 19.5 Å². The third-order valence-corrected chi connectivity index (χ3v) is 9.26. The van der Waals surface area contributed by atoms with E-state index in [0.29, 0.717) is 45.2 Å². The average molecular weight is 568 g/mol. The molecule has 2 aliphatic heterocycles. The maximum atomic E-state index is 13.9. The molecule has 3 aromatic heterocycles. The van der Waals surface area contributed by atoms with Crippen LogP contribution < -0.4 is 0 Å². The van der Waals surface area contributed by atoms with E-state index in [4.69, 9.17) is 31.2 Å². The summed E-state index contributed by atoms with van der Waals surface area (Å²) in [4.78, 5) is 32.0. The Balaban J connectivity index is 1.17. The lowest BCUT2D eigenvalue weighted by molar-refractivity contribution is -0.141. The van der Waals surface area contributed by atoms with E-state index in [2.05, 4.69) is 14.9 Å². The monoisotopic (exact) mass is 567 g/mol. The van der Waals surface area contributed by atoms with Crippen LogP contribution in [-0.2, 0) is 20.7 Å². The lowest BCUT2D eigenvalue weighted by Gasteiger charge is -2.44. The molecule has 7 rings (SSSR count). The van der Waals surface area contributed by atoms with Gasteiger partial charge in [-0.1, -0.05) is 41.2 Å². The summed E-state index contributed by atoms with van der Waals surface area (Å²) in [5.74, 6) is 1.20. The van der Waals surface area contributed by atoms with Crippen LogP contribution in [0.25, 0.3) is 4.96 Å². The highest BCUT2D eigenvalue weighted by Gasteiger charge is 2.43. The first kappa shape index (κ1) is 25.3. The molecule has 204 valence electrons. The number of morpholine rings is 1. The quantitative estimate of drug-likeness (QED) is 0.331. The molecule has 0 aromatic carbocycles. The number of amides is 1. The summed E-state index contributed by atoms with van der Waals surface area (Å²) in [6, 6.07) is -0.406. The second-order valence-electron chi connectivity index (χ2n) is 10.5. The molecule has 1 amide bonds. The predicted molar refractivity (Wildman–Crippen MR) is 146 cm³/mol. The number of ether oxygens (including phenoxy) is 2. The van der Waals surface area contributed by atoms with E-state index in [-0.39, 0.29) is 12.5 Å². The summed E-state index contributed by atoms with van der Waals surface area (Å²) in [7, 11) is 0. The third kappa shape index (κ3) is 4.59. The fraction of sp³-hybridized carbons (Fsp3) is 0.519. The zero-order valence-electron chi connectivity index (χ0n) is 21.7. The van der Waals surface area contributed by atoms with Gasteiger partial charge in [-0.3, -0.25) is 9.69 Å². The number of hydrogen-bond acceptors (Lipinski definition) is 9. The molecule has 10 nitrogen and oxygen atoms in total. The SMILES string of the molecule is Cc1nn2c3c(nc2s1)CCN(C(=O)COC1C=CC=CC1(Cl)N1CCOCC1)C3c1cnc(C2CC2)nc1. The van der Waals surface area contributed by atoms with Crippen molar-refractivity contribution in [3.05, 3.63) is 64.5 Å². The molecule has 1 saturated carbocycles. The van der Waals surface area contributed by atoms with Crippen molar-refractivity contribution in [3.63, 3.8) is 0 Å². The summed E-state index contributed by atoms with van der Waals surface area (Å²) < 4.78 is 13.7. The van der Waals surface area contributed by atoms with Crippen LogP contribution in [0.2, 0.25) is 0 Å². The van der Waals surface area contributed by atoms with Crippen molar-refractivity contribution in [1.29, 1.82) is 0 Å². The maximum Gasteiger partial charge on any atom is 0.249 e. The molecule has 3 unspecified atom stereocenters. The maximum absolute atomic E-state index is 13.9. The van der Waals surface area contributed by atoms with Crippen molar-refractivity contribution in [2.45, 2.75) is 49.2 Å². The summed E-state index contributed by atoms with van der Waals surface area (Å²) in [6.07, 6.45) is 13.9. The number of allylic oxidation sites excluding steroid dienone is 2. The summed E-state index contributed by atoms with van der Waals surface area (Å²) in [5.41, 5.74) is 2.71. The first-order chi connectivity index (χ1) is 19.0. The number of carbonyl (C=O) groups is 1. The molecule has 4 aliphatic rings. The molecule has 3 aromatic rings. The normalized spacial score (nSPS) is 27.3. The zero-order valence-corrected chi connectivity index (χ0v) is 23.3. The second kappa shape index (κ2) is 10.0. The fourth-order valence-corrected chi connectivity index (χ4v) is 6.85. The molecule has 5 heterocycles. The highest BCUT2D eigenvalue weighted by Crippen LogP contribution is 2.40. The van der Waals surface area contributed by atoms with Gasteiger partial charge in [0, 0.05) is 49.9 Å². The number of rotatable bonds is 6. The summed E-state index contributed by atoms with van der Waals surface area (Å²) in [5, 5.41) is 5.64. The van der Waals surface area contributed by atoms with E-state index in [1.165, 1.54) is 0 Å². The number of alkyl halides is 1. The number of aromatic nitrogens is 5. The van der Waals surface area contributed by atoms with E-state index in [1.54, 1.807) is 11.3 Å². The number of fused-ring (bicyclic) bond motifs is 3. The Labute approximate surface area is 235 Å². The number of imidazole rings is 1. The lowest BCUT2D eigenvalue weighted by atomic mass is 9.97. The van der Waals surface area contributed by atoms with E-state index >= 15 is 0 Å². The number of nitrogens with zero attached hydrogens (tertiary/aromatic N) is 7. The molecule has 1 saturated heterocycles. The number of halogens is 1. The molecule has 39 heavy (non-hydrogen) atoms. The Morgan fingerprint density at radius 1 is 1.21 bits per heavy atom. The van der Waals surface area contributed by atoms with Gasteiger partial charge in [-0.2, -0.15) is 5.10 Å². The Kier molecular flexibility index (Phi) is 6.51. The Hall–Kier alpha value is -2.70. The van der Waals surface area contributed by atoms with Gasteiger partial charge < -0.3 is 14.4 Å². The van der Waals surface area contributed by atoms with E-state index < -0.39 is 17.1 Å². The predicted octanol–water partition coefficient (Wildman–Crippen LogP) is 3.02. The van der Waals surface area contributed by atoms with Crippen molar-refractivity contribution >= 4 is 33.8 Å². The molecule has 0 radical (unpaired) electrons. The minimum absolute atomic E-state index is 0.105. The largest absolute Gasteiger partial charge is 0.379 e. The van der Waals surface area contributed by atoms with Gasteiger partial charge in [-0.15, -0.1) is 0 Å². The molecular formula is C27H30ClN7O3S. The van der Waals surface area contributed by atoms with Crippen LogP contribution in [0.4, 0.5) is 0 Å². The highest BCUT2D eigenvalue weighted by atomic mass is 35.5. The van der Waals surface area contributed by atoms with Crippen LogP contribution >= 0.6 is 22.9 Å². The standard InChI is InChI=1S/C27H30ClN7O3S/c1-17-32-35-24-20(31-26(35)39-17)7-9-34(23(24)19-14-29-25(30-15-19)18-5-6-18)22(36)16-38-21-4-2-3-8-27(21,28)33-10-12-37-13-11-33/h2-4,8,14-15,18,21,23H,5-7,9-13,16H2,1H3. The molecule has 12 heteroatoms. The van der Waals surface area contributed by atoms with Gasteiger partial charge in [0.1, 0.15) is 34.6 Å². The van der Waals surface area contributed by atoms with Gasteiger partial charge in [0.25, 0.3) is 0 Å². The van der Waals surface area contributed by atoms with Gasteiger partial charge in [0.2, 0.25) is 10.9 Å². The van der Waals surface area contributed by atoms with Crippen LogP contribution in [0.5, 0.6) is 0 Å². The first-order valence-corrected chi connectivity index (χ1v) is 14.7. The van der Waals surface area contributed by atoms with E-state index in [0.717, 1.165) is 45.6 Å². The van der Waals surface area contributed by atoms with Crippen molar-refractivity contribution in [2.24, 2.45) is 0 Å². The minimum atomic E-state index is -0.866. The van der Waals surface area contributed by atoms with Crippen LogP contribution in [0.1, 0.15) is 52.6 Å². The van der Waals surface area contributed by atoms with Crippen LogP contribution in [0.3, 0.4) is 0 Å². The highest BCUT2D eigenvalue weighted by molar-refractivity contribution is 7.16. The third-order valence-electron chi connectivity index (χ3n) is 7.85. The number of hydrogen-bond donors (Lipinski definition) is 0. The summed E-state index contributed by atoms with van der Waals surface area (Å²) >= 11 is 8.67. The lowest BCUT2D eigenvalue weighted by Crippen LogP contribution is -2.56. The summed E-state index contributed by atoms with van der Waals surface area (Å²) in [6.45, 7) is 5.02. The van der Waals surface area contributed by atoms with Crippen LogP contribution in [-0.4, -0.2) is 90.8 Å². The zero-order chi connectivity index (χ0) is 26.6. The molecule has 3 atom stereocenters. The molecule has 0 bridgehead atoms. The minimum Gasteiger partial charge on any atom is -0.379 e. The van der Waals surface area contributed by atoms with Gasteiger partial charge in [0.15, 0.2) is 0 Å². The fourth-order valence-electron chi connectivity index (χ4n) is 5.70. The average Bonchev–Trinajstić information content (AvgIpc) is 3.67. The molecule has 2 fully saturated rings. The topological polar surface area (TPSA) is 98.0 Å². The van der Waals surface area contributed by atoms with Crippen LogP contribution in [0.15, 0.2) is 36.7 Å². The van der Waals surface area contributed by atoms with E-state index in [1.807, 2.05) is 53.0 Å². The molecule has 0 spiro atoms. The van der Waals surface area contributed by atoms with Crippen molar-refractivity contribution in [1.82, 2.24) is 34.4 Å². The Bertz CT molecular complexity index is 1440. The van der Waals surface area contributed by atoms with Crippen molar-refractivity contribution < 1.29 is 14.3 Å². The smallest absolute Gasteiger partial charge is 0.249 e. The second-order valence-corrected chi connectivity index (χ2v) is 12.2. The molecule has 0 N–H and O–H groups in total. The first-order valence-electron chi connectivity index (χ1n) is 13.5. The van der Waals surface area contributed by atoms with Crippen molar-refractivity contribution in [3.8, 4) is 0 Å². The van der Waals surface area contributed by atoms with Gasteiger partial charge >= 0.3 is 0 Å². The van der Waals surface area contributed by atoms with E-state index in [9.17, 15) is 4.79 Å².